The first-order valence-corrected chi connectivity index (χ1v) is 9.43. The third-order valence-corrected chi connectivity index (χ3v) is 4.53. The molecule has 0 fully saturated rings. The predicted molar refractivity (Wildman–Crippen MR) is 111 cm³/mol. The van der Waals surface area contributed by atoms with Gasteiger partial charge < -0.3 is 25.1 Å². The molecule has 1 atom stereocenters. The zero-order valence-electron chi connectivity index (χ0n) is 16.5. The molecule has 1 aromatic heterocycles. The molecular formula is C22H23N3O5. The van der Waals surface area contributed by atoms with E-state index in [2.05, 4.69) is 15.6 Å². The van der Waals surface area contributed by atoms with Gasteiger partial charge >= 0.3 is 12.1 Å². The number of ether oxygens (including phenoxy) is 2. The minimum absolute atomic E-state index is 0.0969. The second-order valence-corrected chi connectivity index (χ2v) is 6.62. The number of methoxy groups -OCH3 is 1. The molecule has 3 rings (SSSR count). The van der Waals surface area contributed by atoms with Gasteiger partial charge in [-0.3, -0.25) is 4.79 Å². The van der Waals surface area contributed by atoms with Gasteiger partial charge in [-0.05, 0) is 17.2 Å². The van der Waals surface area contributed by atoms with Crippen molar-refractivity contribution in [3.63, 3.8) is 0 Å². The summed E-state index contributed by atoms with van der Waals surface area (Å²) in [6, 6.07) is 16.0. The van der Waals surface area contributed by atoms with Gasteiger partial charge in [0.05, 0.1) is 7.11 Å². The first kappa shape index (κ1) is 20.9. The van der Waals surface area contributed by atoms with E-state index < -0.39 is 24.0 Å². The maximum atomic E-state index is 12.2. The molecule has 8 nitrogen and oxygen atoms in total. The van der Waals surface area contributed by atoms with Gasteiger partial charge in [-0.25, -0.2) is 9.59 Å². The maximum Gasteiger partial charge on any atom is 0.407 e. The number of para-hydroxylation sites is 1. The van der Waals surface area contributed by atoms with Gasteiger partial charge in [0.15, 0.2) is 0 Å². The lowest BCUT2D eigenvalue weighted by molar-refractivity contribution is -0.144. The quantitative estimate of drug-likeness (QED) is 0.495. The van der Waals surface area contributed by atoms with Crippen molar-refractivity contribution in [3.8, 4) is 0 Å². The Kier molecular flexibility index (Phi) is 7.05. The lowest BCUT2D eigenvalue weighted by Crippen LogP contribution is -2.47. The van der Waals surface area contributed by atoms with Gasteiger partial charge in [-0.1, -0.05) is 48.5 Å². The molecule has 30 heavy (non-hydrogen) atoms. The van der Waals surface area contributed by atoms with Gasteiger partial charge in [0, 0.05) is 23.5 Å². The molecule has 3 aromatic rings. The van der Waals surface area contributed by atoms with E-state index in [1.807, 2.05) is 54.6 Å². The minimum atomic E-state index is -0.885. The Balaban J connectivity index is 1.52. The summed E-state index contributed by atoms with van der Waals surface area (Å²) in [5.74, 6) is -1.10. The van der Waals surface area contributed by atoms with Gasteiger partial charge in [0.1, 0.15) is 19.2 Å². The number of esters is 1. The Morgan fingerprint density at radius 2 is 1.77 bits per heavy atom. The van der Waals surface area contributed by atoms with Gasteiger partial charge in [-0.15, -0.1) is 0 Å². The Morgan fingerprint density at radius 1 is 1.03 bits per heavy atom. The van der Waals surface area contributed by atoms with Crippen LogP contribution in [0.4, 0.5) is 4.79 Å². The summed E-state index contributed by atoms with van der Waals surface area (Å²) in [4.78, 5) is 39.3. The third kappa shape index (κ3) is 5.60. The highest BCUT2D eigenvalue weighted by Crippen LogP contribution is 2.19. The first-order valence-electron chi connectivity index (χ1n) is 9.43. The van der Waals surface area contributed by atoms with E-state index in [1.54, 1.807) is 6.20 Å². The van der Waals surface area contributed by atoms with Crippen LogP contribution in [0.3, 0.4) is 0 Å². The third-order valence-electron chi connectivity index (χ3n) is 4.53. The highest BCUT2D eigenvalue weighted by Gasteiger charge is 2.23. The number of alkyl carbamates (subject to hydrolysis) is 1. The summed E-state index contributed by atoms with van der Waals surface area (Å²) in [5.41, 5.74) is 2.64. The van der Waals surface area contributed by atoms with Crippen LogP contribution in [-0.4, -0.2) is 42.7 Å². The van der Waals surface area contributed by atoms with Crippen LogP contribution in [0.1, 0.15) is 11.1 Å². The lowest BCUT2D eigenvalue weighted by atomic mass is 10.0. The number of hydrogen-bond acceptors (Lipinski definition) is 5. The fourth-order valence-electron chi connectivity index (χ4n) is 3.03. The zero-order valence-corrected chi connectivity index (χ0v) is 16.5. The molecule has 0 saturated carbocycles. The van der Waals surface area contributed by atoms with E-state index >= 15 is 0 Å². The molecule has 0 spiro atoms. The number of benzene rings is 2. The van der Waals surface area contributed by atoms with Crippen molar-refractivity contribution >= 4 is 28.9 Å². The summed E-state index contributed by atoms with van der Waals surface area (Å²) in [6.45, 7) is -0.228. The molecule has 1 heterocycles. The van der Waals surface area contributed by atoms with Crippen LogP contribution in [0.25, 0.3) is 10.9 Å². The van der Waals surface area contributed by atoms with Gasteiger partial charge in [0.2, 0.25) is 5.91 Å². The SMILES string of the molecule is COC(=O)[C@@H](Cc1c[nH]c2ccccc12)NC(=O)CNC(=O)OCc1ccccc1. The Morgan fingerprint density at radius 3 is 2.53 bits per heavy atom. The number of carbonyl (C=O) groups excluding carboxylic acids is 3. The molecular weight excluding hydrogens is 386 g/mol. The van der Waals surface area contributed by atoms with Crippen molar-refractivity contribution < 1.29 is 23.9 Å². The number of rotatable bonds is 8. The van der Waals surface area contributed by atoms with Crippen LogP contribution in [0.5, 0.6) is 0 Å². The minimum Gasteiger partial charge on any atom is -0.467 e. The molecule has 0 aliphatic rings. The van der Waals surface area contributed by atoms with E-state index in [9.17, 15) is 14.4 Å². The second-order valence-electron chi connectivity index (χ2n) is 6.62. The molecule has 2 amide bonds. The summed E-state index contributed by atoms with van der Waals surface area (Å²) < 4.78 is 9.87. The summed E-state index contributed by atoms with van der Waals surface area (Å²) >= 11 is 0. The predicted octanol–water partition coefficient (Wildman–Crippen LogP) is 2.29. The van der Waals surface area contributed by atoms with Crippen LogP contribution in [0.15, 0.2) is 60.8 Å². The average molecular weight is 409 g/mol. The van der Waals surface area contributed by atoms with E-state index in [-0.39, 0.29) is 19.6 Å². The van der Waals surface area contributed by atoms with Crippen molar-refractivity contribution in [1.82, 2.24) is 15.6 Å². The number of H-pyrrole nitrogens is 1. The number of aromatic amines is 1. The molecule has 8 heteroatoms. The van der Waals surface area contributed by atoms with Crippen LogP contribution >= 0.6 is 0 Å². The van der Waals surface area contributed by atoms with Gasteiger partial charge in [0.25, 0.3) is 0 Å². The Bertz CT molecular complexity index is 1020. The molecule has 2 aromatic carbocycles. The topological polar surface area (TPSA) is 110 Å². The highest BCUT2D eigenvalue weighted by atomic mass is 16.5. The smallest absolute Gasteiger partial charge is 0.407 e. The number of amides is 2. The first-order chi connectivity index (χ1) is 14.6. The van der Waals surface area contributed by atoms with E-state index in [1.165, 1.54) is 7.11 Å². The van der Waals surface area contributed by atoms with Crippen LogP contribution in [-0.2, 0) is 32.1 Å². The average Bonchev–Trinajstić information content (AvgIpc) is 3.19. The monoisotopic (exact) mass is 409 g/mol. The summed E-state index contributed by atoms with van der Waals surface area (Å²) in [6.07, 6.45) is 1.33. The standard InChI is InChI=1S/C22H23N3O5/c1-29-21(27)19(11-16-12-23-18-10-6-5-9-17(16)18)25-20(26)13-24-22(28)30-14-15-7-3-2-4-8-15/h2-10,12,19,23H,11,13-14H2,1H3,(H,24,28)(H,25,26)/t19-/m1/s1. The summed E-state index contributed by atoms with van der Waals surface area (Å²) in [7, 11) is 1.26. The Hall–Kier alpha value is -3.81. The lowest BCUT2D eigenvalue weighted by Gasteiger charge is -2.16. The van der Waals surface area contributed by atoms with Gasteiger partial charge in [-0.2, -0.15) is 0 Å². The van der Waals surface area contributed by atoms with Crippen molar-refractivity contribution in [3.05, 3.63) is 71.9 Å². The normalized spacial score (nSPS) is 11.5. The van der Waals surface area contributed by atoms with Crippen molar-refractivity contribution in [2.45, 2.75) is 19.1 Å². The molecule has 0 bridgehead atoms. The molecule has 3 N–H and O–H groups in total. The molecule has 0 saturated heterocycles. The van der Waals surface area contributed by atoms with Crippen LogP contribution < -0.4 is 10.6 Å². The fraction of sp³-hybridized carbons (Fsp3) is 0.227. The number of hydrogen-bond donors (Lipinski definition) is 3. The van der Waals surface area contributed by atoms with E-state index in [0.29, 0.717) is 0 Å². The zero-order chi connectivity index (χ0) is 21.3. The molecule has 0 aliphatic heterocycles. The maximum absolute atomic E-state index is 12.2. The number of nitrogens with one attached hydrogen (secondary N) is 3. The van der Waals surface area contributed by atoms with Crippen molar-refractivity contribution in [1.29, 1.82) is 0 Å². The number of fused-ring (bicyclic) bond motifs is 1. The molecule has 0 radical (unpaired) electrons. The molecule has 156 valence electrons. The second kappa shape index (κ2) is 10.1. The number of aromatic nitrogens is 1. The Labute approximate surface area is 173 Å². The van der Waals surface area contributed by atoms with Crippen LogP contribution in [0, 0.1) is 0 Å². The summed E-state index contributed by atoms with van der Waals surface area (Å²) in [5, 5.41) is 5.94. The fourth-order valence-corrected chi connectivity index (χ4v) is 3.03. The van der Waals surface area contributed by atoms with Crippen molar-refractivity contribution in [2.75, 3.05) is 13.7 Å². The van der Waals surface area contributed by atoms with E-state index in [4.69, 9.17) is 9.47 Å². The highest BCUT2D eigenvalue weighted by molar-refractivity contribution is 5.88. The largest absolute Gasteiger partial charge is 0.467 e. The van der Waals surface area contributed by atoms with Crippen molar-refractivity contribution in [2.24, 2.45) is 0 Å². The molecule has 0 unspecified atom stereocenters. The molecule has 0 aliphatic carbocycles. The van der Waals surface area contributed by atoms with Crippen LogP contribution in [0.2, 0.25) is 0 Å². The van der Waals surface area contributed by atoms with E-state index in [0.717, 1.165) is 22.0 Å². The number of carbonyl (C=O) groups is 3.